The van der Waals surface area contributed by atoms with Crippen molar-refractivity contribution in [2.45, 2.75) is 58.4 Å². The summed E-state index contributed by atoms with van der Waals surface area (Å²) >= 11 is 0. The smallest absolute Gasteiger partial charge is 0.220 e. The molecule has 2 heterocycles. The number of rotatable bonds is 6. The van der Waals surface area contributed by atoms with E-state index in [4.69, 9.17) is 0 Å². The topological polar surface area (TPSA) is 44.4 Å². The Morgan fingerprint density at radius 3 is 2.57 bits per heavy atom. The second-order valence-electron chi connectivity index (χ2n) is 7.10. The number of amides is 1. The Kier molecular flexibility index (Phi) is 6.97. The van der Waals surface area contributed by atoms with Crippen LogP contribution in [0.25, 0.3) is 0 Å². The summed E-state index contributed by atoms with van der Waals surface area (Å²) < 4.78 is 0. The molecule has 0 saturated carbocycles. The van der Waals surface area contributed by atoms with Crippen molar-refractivity contribution < 1.29 is 4.79 Å². The van der Waals surface area contributed by atoms with Gasteiger partial charge in [0.25, 0.3) is 0 Å². The van der Waals surface area contributed by atoms with Crippen LogP contribution in [0.2, 0.25) is 0 Å². The van der Waals surface area contributed by atoms with Crippen molar-refractivity contribution in [1.29, 1.82) is 0 Å². The van der Waals surface area contributed by atoms with Gasteiger partial charge in [-0.1, -0.05) is 6.92 Å². The first kappa shape index (κ1) is 16.8. The van der Waals surface area contributed by atoms with E-state index in [-0.39, 0.29) is 5.91 Å². The fraction of sp³-hybridized carbons (Fsp3) is 0.941. The molecule has 2 N–H and O–H groups in total. The van der Waals surface area contributed by atoms with Gasteiger partial charge in [0.1, 0.15) is 0 Å². The van der Waals surface area contributed by atoms with Gasteiger partial charge in [0.05, 0.1) is 0 Å². The van der Waals surface area contributed by atoms with Crippen molar-refractivity contribution in [3.63, 3.8) is 0 Å². The van der Waals surface area contributed by atoms with E-state index in [0.717, 1.165) is 37.9 Å². The minimum Gasteiger partial charge on any atom is -0.355 e. The standard InChI is InChI=1S/C17H33N3O/c1-14-7-11-20(12-8-14)15(2)13-19-17(21)4-3-16-5-9-18-10-6-16/h14-16,18H,3-13H2,1-2H3,(H,19,21). The third kappa shape index (κ3) is 5.95. The highest BCUT2D eigenvalue weighted by Gasteiger charge is 2.20. The van der Waals surface area contributed by atoms with E-state index < -0.39 is 0 Å². The van der Waals surface area contributed by atoms with Crippen LogP contribution in [0.4, 0.5) is 0 Å². The number of hydrogen-bond donors (Lipinski definition) is 2. The zero-order valence-electron chi connectivity index (χ0n) is 13.9. The number of nitrogens with one attached hydrogen (secondary N) is 2. The highest BCUT2D eigenvalue weighted by atomic mass is 16.1. The Balaban J connectivity index is 1.57. The first-order chi connectivity index (χ1) is 10.1. The number of carbonyl (C=O) groups is 1. The van der Waals surface area contributed by atoms with E-state index in [1.807, 2.05) is 0 Å². The molecule has 0 spiro atoms. The molecule has 0 aromatic rings. The SMILES string of the molecule is CC1CCN(C(C)CNC(=O)CCC2CCNCC2)CC1. The normalized spacial score (nSPS) is 23.9. The van der Waals surface area contributed by atoms with Crippen molar-refractivity contribution in [3.8, 4) is 0 Å². The van der Waals surface area contributed by atoms with Gasteiger partial charge in [-0.3, -0.25) is 9.69 Å². The Labute approximate surface area is 130 Å². The lowest BCUT2D eigenvalue weighted by atomic mass is 9.93. The van der Waals surface area contributed by atoms with E-state index in [0.29, 0.717) is 12.5 Å². The lowest BCUT2D eigenvalue weighted by Crippen LogP contribution is -2.45. The maximum atomic E-state index is 12.0. The predicted octanol–water partition coefficient (Wildman–Crippen LogP) is 2.00. The monoisotopic (exact) mass is 295 g/mol. The lowest BCUT2D eigenvalue weighted by Gasteiger charge is -2.35. The summed E-state index contributed by atoms with van der Waals surface area (Å²) in [5.41, 5.74) is 0. The van der Waals surface area contributed by atoms with Crippen molar-refractivity contribution in [2.24, 2.45) is 11.8 Å². The molecule has 0 aromatic carbocycles. The molecule has 1 amide bonds. The summed E-state index contributed by atoms with van der Waals surface area (Å²) in [6.45, 7) is 10.0. The van der Waals surface area contributed by atoms with Crippen LogP contribution in [0.1, 0.15) is 52.4 Å². The van der Waals surface area contributed by atoms with Gasteiger partial charge < -0.3 is 10.6 Å². The number of piperidine rings is 2. The molecule has 0 aromatic heterocycles. The Hall–Kier alpha value is -0.610. The summed E-state index contributed by atoms with van der Waals surface area (Å²) in [4.78, 5) is 14.5. The van der Waals surface area contributed by atoms with Crippen molar-refractivity contribution >= 4 is 5.91 Å². The van der Waals surface area contributed by atoms with Crippen LogP contribution in [-0.4, -0.2) is 49.6 Å². The van der Waals surface area contributed by atoms with Crippen LogP contribution < -0.4 is 10.6 Å². The Morgan fingerprint density at radius 2 is 1.90 bits per heavy atom. The van der Waals surface area contributed by atoms with Gasteiger partial charge in [0, 0.05) is 19.0 Å². The molecule has 1 unspecified atom stereocenters. The van der Waals surface area contributed by atoms with Crippen LogP contribution in [0.15, 0.2) is 0 Å². The summed E-state index contributed by atoms with van der Waals surface area (Å²) in [6.07, 6.45) is 6.82. The van der Waals surface area contributed by atoms with Gasteiger partial charge in [-0.15, -0.1) is 0 Å². The largest absolute Gasteiger partial charge is 0.355 e. The van der Waals surface area contributed by atoms with E-state index >= 15 is 0 Å². The highest BCUT2D eigenvalue weighted by Crippen LogP contribution is 2.18. The molecule has 2 saturated heterocycles. The van der Waals surface area contributed by atoms with Gasteiger partial charge >= 0.3 is 0 Å². The molecule has 1 atom stereocenters. The first-order valence-electron chi connectivity index (χ1n) is 8.86. The zero-order chi connectivity index (χ0) is 15.1. The molecule has 122 valence electrons. The van der Waals surface area contributed by atoms with E-state index in [9.17, 15) is 4.79 Å². The minimum absolute atomic E-state index is 0.241. The fourth-order valence-electron chi connectivity index (χ4n) is 3.45. The number of likely N-dealkylation sites (tertiary alicyclic amines) is 1. The molecule has 4 heteroatoms. The molecule has 0 radical (unpaired) electrons. The molecule has 2 fully saturated rings. The number of hydrogen-bond acceptors (Lipinski definition) is 3. The third-order valence-electron chi connectivity index (χ3n) is 5.27. The fourth-order valence-corrected chi connectivity index (χ4v) is 3.45. The summed E-state index contributed by atoms with van der Waals surface area (Å²) in [6, 6.07) is 0.473. The van der Waals surface area contributed by atoms with Crippen LogP contribution in [0, 0.1) is 11.8 Å². The van der Waals surface area contributed by atoms with Gasteiger partial charge in [-0.05, 0) is 77.0 Å². The minimum atomic E-state index is 0.241. The average molecular weight is 295 g/mol. The molecular formula is C17H33N3O. The number of carbonyl (C=O) groups excluding carboxylic acids is 1. The zero-order valence-corrected chi connectivity index (χ0v) is 13.9. The quantitative estimate of drug-likeness (QED) is 0.788. The average Bonchev–Trinajstić information content (AvgIpc) is 2.52. The molecule has 2 aliphatic rings. The summed E-state index contributed by atoms with van der Waals surface area (Å²) in [5.74, 6) is 1.86. The maximum absolute atomic E-state index is 12.0. The van der Waals surface area contributed by atoms with E-state index in [2.05, 4.69) is 29.4 Å². The van der Waals surface area contributed by atoms with Crippen molar-refractivity contribution in [2.75, 3.05) is 32.7 Å². The summed E-state index contributed by atoms with van der Waals surface area (Å²) in [5, 5.41) is 6.51. The van der Waals surface area contributed by atoms with Gasteiger partial charge in [-0.25, -0.2) is 0 Å². The van der Waals surface area contributed by atoms with Gasteiger partial charge in [0.2, 0.25) is 5.91 Å². The van der Waals surface area contributed by atoms with Gasteiger partial charge in [0.15, 0.2) is 0 Å². The lowest BCUT2D eigenvalue weighted by molar-refractivity contribution is -0.121. The molecule has 0 aliphatic carbocycles. The van der Waals surface area contributed by atoms with Crippen LogP contribution >= 0.6 is 0 Å². The molecule has 2 rings (SSSR count). The number of nitrogens with zero attached hydrogens (tertiary/aromatic N) is 1. The maximum Gasteiger partial charge on any atom is 0.220 e. The third-order valence-corrected chi connectivity index (χ3v) is 5.27. The Bertz CT molecular complexity index is 307. The molecule has 21 heavy (non-hydrogen) atoms. The van der Waals surface area contributed by atoms with Crippen molar-refractivity contribution in [3.05, 3.63) is 0 Å². The second kappa shape index (κ2) is 8.74. The van der Waals surface area contributed by atoms with Crippen molar-refractivity contribution in [1.82, 2.24) is 15.5 Å². The first-order valence-corrected chi connectivity index (χ1v) is 8.86. The second-order valence-corrected chi connectivity index (χ2v) is 7.10. The van der Waals surface area contributed by atoms with Gasteiger partial charge in [-0.2, -0.15) is 0 Å². The highest BCUT2D eigenvalue weighted by molar-refractivity contribution is 5.75. The molecule has 4 nitrogen and oxygen atoms in total. The van der Waals surface area contributed by atoms with Crippen LogP contribution in [0.3, 0.4) is 0 Å². The predicted molar refractivity (Wildman–Crippen MR) is 87.3 cm³/mol. The molecule has 2 aliphatic heterocycles. The van der Waals surface area contributed by atoms with E-state index in [1.54, 1.807) is 0 Å². The van der Waals surface area contributed by atoms with E-state index in [1.165, 1.54) is 38.8 Å². The molecular weight excluding hydrogens is 262 g/mol. The Morgan fingerprint density at radius 1 is 1.24 bits per heavy atom. The van der Waals surface area contributed by atoms with Crippen LogP contribution in [0.5, 0.6) is 0 Å². The summed E-state index contributed by atoms with van der Waals surface area (Å²) in [7, 11) is 0. The molecule has 0 bridgehead atoms. The van der Waals surface area contributed by atoms with Crippen LogP contribution in [-0.2, 0) is 4.79 Å².